The molecule has 0 saturated carbocycles. The maximum Gasteiger partial charge on any atom is 0.194 e. The molecule has 0 amide bonds. The Kier molecular flexibility index (Phi) is 7.11. The van der Waals surface area contributed by atoms with Crippen LogP contribution in [0.25, 0.3) is 0 Å². The summed E-state index contributed by atoms with van der Waals surface area (Å²) in [6.07, 6.45) is 0. The number of anilines is 1. The van der Waals surface area contributed by atoms with Gasteiger partial charge in [-0.15, -0.1) is 0 Å². The van der Waals surface area contributed by atoms with E-state index >= 15 is 0 Å². The van der Waals surface area contributed by atoms with Gasteiger partial charge >= 0.3 is 0 Å². The number of benzene rings is 2. The van der Waals surface area contributed by atoms with Crippen molar-refractivity contribution in [2.24, 2.45) is 4.99 Å². The molecule has 0 unspecified atom stereocenters. The fourth-order valence-electron chi connectivity index (χ4n) is 3.31. The number of methoxy groups -OCH3 is 1. The zero-order valence-corrected chi connectivity index (χ0v) is 16.4. The van der Waals surface area contributed by atoms with E-state index in [9.17, 15) is 0 Å². The van der Waals surface area contributed by atoms with E-state index in [1.807, 2.05) is 0 Å². The summed E-state index contributed by atoms with van der Waals surface area (Å²) < 4.78 is 5.17. The maximum absolute atomic E-state index is 5.17. The first-order valence-corrected chi connectivity index (χ1v) is 9.70. The number of piperazine rings is 1. The molecular formula is C22H30N4O. The average Bonchev–Trinajstić information content (AvgIpc) is 2.73. The molecule has 2 aromatic rings. The third-order valence-corrected chi connectivity index (χ3v) is 4.78. The molecule has 1 N–H and O–H groups in total. The summed E-state index contributed by atoms with van der Waals surface area (Å²) in [7, 11) is 1.72. The van der Waals surface area contributed by atoms with Crippen molar-refractivity contribution in [3.63, 3.8) is 0 Å². The van der Waals surface area contributed by atoms with Crippen LogP contribution >= 0.6 is 0 Å². The highest BCUT2D eigenvalue weighted by Gasteiger charge is 2.19. The van der Waals surface area contributed by atoms with E-state index in [2.05, 4.69) is 76.6 Å². The lowest BCUT2D eigenvalue weighted by Crippen LogP contribution is -2.52. The fraction of sp³-hybridized carbons (Fsp3) is 0.409. The van der Waals surface area contributed by atoms with E-state index in [1.54, 1.807) is 7.11 Å². The lowest BCUT2D eigenvalue weighted by atomic mass is 10.1. The minimum Gasteiger partial charge on any atom is -0.380 e. The van der Waals surface area contributed by atoms with Crippen LogP contribution in [0.2, 0.25) is 0 Å². The van der Waals surface area contributed by atoms with Gasteiger partial charge in [0.25, 0.3) is 0 Å². The van der Waals surface area contributed by atoms with Crippen molar-refractivity contribution in [3.05, 3.63) is 65.7 Å². The van der Waals surface area contributed by atoms with Gasteiger partial charge in [0.2, 0.25) is 0 Å². The molecule has 27 heavy (non-hydrogen) atoms. The van der Waals surface area contributed by atoms with Crippen molar-refractivity contribution in [1.29, 1.82) is 0 Å². The first-order chi connectivity index (χ1) is 13.3. The van der Waals surface area contributed by atoms with Gasteiger partial charge in [-0.05, 0) is 30.2 Å². The van der Waals surface area contributed by atoms with Gasteiger partial charge < -0.3 is 19.9 Å². The molecule has 5 nitrogen and oxygen atoms in total. The minimum atomic E-state index is 0.651. The van der Waals surface area contributed by atoms with E-state index in [1.165, 1.54) is 16.8 Å². The highest BCUT2D eigenvalue weighted by molar-refractivity contribution is 5.80. The number of ether oxygens (including phenoxy) is 1. The Morgan fingerprint density at radius 3 is 2.26 bits per heavy atom. The summed E-state index contributed by atoms with van der Waals surface area (Å²) in [6, 6.07) is 19.1. The lowest BCUT2D eigenvalue weighted by Gasteiger charge is -2.37. The van der Waals surface area contributed by atoms with Gasteiger partial charge in [-0.2, -0.15) is 0 Å². The molecule has 144 valence electrons. The van der Waals surface area contributed by atoms with Gasteiger partial charge in [0.15, 0.2) is 5.96 Å². The Morgan fingerprint density at radius 1 is 0.963 bits per heavy atom. The summed E-state index contributed by atoms with van der Waals surface area (Å²) in [5.41, 5.74) is 3.71. The SMILES string of the molecule is CCNC(=NCc1ccc(COC)cc1)N1CCN(c2ccccc2)CC1. The molecule has 1 aliphatic heterocycles. The van der Waals surface area contributed by atoms with Gasteiger partial charge in [0, 0.05) is 45.5 Å². The molecular weight excluding hydrogens is 336 g/mol. The standard InChI is InChI=1S/C22H30N4O/c1-3-23-22(24-17-19-9-11-20(12-10-19)18-27-2)26-15-13-25(14-16-26)21-7-5-4-6-8-21/h4-12H,3,13-18H2,1-2H3,(H,23,24). The average molecular weight is 367 g/mol. The first kappa shape index (κ1) is 19.2. The molecule has 0 bridgehead atoms. The second kappa shape index (κ2) is 9.97. The molecule has 3 rings (SSSR count). The molecule has 0 aliphatic carbocycles. The number of hydrogen-bond acceptors (Lipinski definition) is 3. The van der Waals surface area contributed by atoms with Crippen LogP contribution in [0, 0.1) is 0 Å². The number of rotatable bonds is 6. The Morgan fingerprint density at radius 2 is 1.63 bits per heavy atom. The van der Waals surface area contributed by atoms with Crippen molar-refractivity contribution < 1.29 is 4.74 Å². The van der Waals surface area contributed by atoms with Crippen molar-refractivity contribution in [1.82, 2.24) is 10.2 Å². The normalized spacial score (nSPS) is 15.1. The number of guanidine groups is 1. The van der Waals surface area contributed by atoms with Gasteiger partial charge in [-0.25, -0.2) is 4.99 Å². The van der Waals surface area contributed by atoms with E-state index in [-0.39, 0.29) is 0 Å². The minimum absolute atomic E-state index is 0.651. The second-order valence-electron chi connectivity index (χ2n) is 6.73. The van der Waals surface area contributed by atoms with Gasteiger partial charge in [0.1, 0.15) is 0 Å². The van der Waals surface area contributed by atoms with Crippen LogP contribution in [0.4, 0.5) is 5.69 Å². The Hall–Kier alpha value is -2.53. The van der Waals surface area contributed by atoms with Gasteiger partial charge in [-0.3, -0.25) is 0 Å². The molecule has 1 fully saturated rings. The van der Waals surface area contributed by atoms with Gasteiger partial charge in [0.05, 0.1) is 13.2 Å². The number of nitrogens with zero attached hydrogens (tertiary/aromatic N) is 3. The van der Waals surface area contributed by atoms with Crippen molar-refractivity contribution in [2.75, 3.05) is 44.7 Å². The zero-order valence-electron chi connectivity index (χ0n) is 16.4. The van der Waals surface area contributed by atoms with Crippen LogP contribution in [0.15, 0.2) is 59.6 Å². The zero-order chi connectivity index (χ0) is 18.9. The largest absolute Gasteiger partial charge is 0.380 e. The van der Waals surface area contributed by atoms with Crippen molar-refractivity contribution in [3.8, 4) is 0 Å². The quantitative estimate of drug-likeness (QED) is 0.630. The second-order valence-corrected chi connectivity index (χ2v) is 6.73. The summed E-state index contributed by atoms with van der Waals surface area (Å²) in [5.74, 6) is 1.01. The van der Waals surface area contributed by atoms with E-state index in [0.29, 0.717) is 13.2 Å². The number of aliphatic imine (C=N–C) groups is 1. The maximum atomic E-state index is 5.17. The highest BCUT2D eigenvalue weighted by Crippen LogP contribution is 2.16. The van der Waals surface area contributed by atoms with Crippen LogP contribution in [0.3, 0.4) is 0 Å². The predicted molar refractivity (Wildman–Crippen MR) is 112 cm³/mol. The molecule has 2 aromatic carbocycles. The molecule has 0 spiro atoms. The summed E-state index contributed by atoms with van der Waals surface area (Å²) in [4.78, 5) is 9.66. The third kappa shape index (κ3) is 5.47. The van der Waals surface area contributed by atoms with Crippen LogP contribution in [0.1, 0.15) is 18.1 Å². The number of para-hydroxylation sites is 1. The van der Waals surface area contributed by atoms with Crippen LogP contribution < -0.4 is 10.2 Å². The van der Waals surface area contributed by atoms with Crippen molar-refractivity contribution in [2.45, 2.75) is 20.1 Å². The molecule has 1 heterocycles. The monoisotopic (exact) mass is 366 g/mol. The Balaban J connectivity index is 1.59. The molecule has 5 heteroatoms. The smallest absolute Gasteiger partial charge is 0.194 e. The Bertz CT molecular complexity index is 707. The molecule has 1 aliphatic rings. The van der Waals surface area contributed by atoms with E-state index < -0.39 is 0 Å². The fourth-order valence-corrected chi connectivity index (χ4v) is 3.31. The summed E-state index contributed by atoms with van der Waals surface area (Å²) in [5, 5.41) is 3.45. The Labute approximate surface area is 162 Å². The van der Waals surface area contributed by atoms with Crippen molar-refractivity contribution >= 4 is 11.6 Å². The van der Waals surface area contributed by atoms with Crippen LogP contribution in [-0.2, 0) is 17.9 Å². The molecule has 0 aromatic heterocycles. The number of hydrogen-bond donors (Lipinski definition) is 1. The summed E-state index contributed by atoms with van der Waals surface area (Å²) >= 11 is 0. The van der Waals surface area contributed by atoms with E-state index in [4.69, 9.17) is 9.73 Å². The molecule has 1 saturated heterocycles. The van der Waals surface area contributed by atoms with Crippen LogP contribution in [0.5, 0.6) is 0 Å². The van der Waals surface area contributed by atoms with E-state index in [0.717, 1.165) is 38.7 Å². The molecule has 0 atom stereocenters. The lowest BCUT2D eigenvalue weighted by molar-refractivity contribution is 0.185. The molecule has 0 radical (unpaired) electrons. The van der Waals surface area contributed by atoms with Gasteiger partial charge in [-0.1, -0.05) is 42.5 Å². The predicted octanol–water partition coefficient (Wildman–Crippen LogP) is 3.12. The first-order valence-electron chi connectivity index (χ1n) is 9.70. The topological polar surface area (TPSA) is 40.1 Å². The number of nitrogens with one attached hydrogen (secondary N) is 1. The highest BCUT2D eigenvalue weighted by atomic mass is 16.5. The van der Waals surface area contributed by atoms with Crippen LogP contribution in [-0.4, -0.2) is 50.7 Å². The summed E-state index contributed by atoms with van der Waals surface area (Å²) in [6.45, 7) is 8.33. The third-order valence-electron chi connectivity index (χ3n) is 4.78.